The van der Waals surface area contributed by atoms with Gasteiger partial charge in [-0.05, 0) is 28.1 Å². The molecule has 3 nitrogen and oxygen atoms in total. The fraction of sp³-hybridized carbons (Fsp3) is 0.100. The first-order valence-electron chi connectivity index (χ1n) is 4.33. The smallest absolute Gasteiger partial charge is 0.160 e. The number of anilines is 1. The molecule has 2 rings (SSSR count). The lowest BCUT2D eigenvalue weighted by molar-refractivity contribution is 0.780. The highest BCUT2D eigenvalue weighted by molar-refractivity contribution is 9.11. The minimum atomic E-state index is 0.507. The van der Waals surface area contributed by atoms with E-state index in [0.717, 1.165) is 20.2 Å². The fourth-order valence-electron chi connectivity index (χ4n) is 1.47. The van der Waals surface area contributed by atoms with Crippen LogP contribution in [0.5, 0.6) is 0 Å². The molecule has 0 aliphatic rings. The third-order valence-corrected chi connectivity index (χ3v) is 3.39. The van der Waals surface area contributed by atoms with Gasteiger partial charge < -0.3 is 5.73 Å². The first-order chi connectivity index (χ1) is 7.09. The van der Waals surface area contributed by atoms with E-state index in [1.807, 2.05) is 31.3 Å². The van der Waals surface area contributed by atoms with Gasteiger partial charge in [-0.25, -0.2) is 0 Å². The molecule has 0 amide bonds. The standard InChI is InChI=1S/C10H9Br2N3/c1-15-9(8(12)10(13)14-15)6-3-2-4-7(11)5-6/h2-5H,1H3,(H2,13,14). The average molecular weight is 331 g/mol. The summed E-state index contributed by atoms with van der Waals surface area (Å²) < 4.78 is 3.64. The second-order valence-electron chi connectivity index (χ2n) is 3.18. The highest BCUT2D eigenvalue weighted by Gasteiger charge is 2.13. The van der Waals surface area contributed by atoms with Crippen molar-refractivity contribution in [3.05, 3.63) is 33.2 Å². The van der Waals surface area contributed by atoms with Crippen LogP contribution in [-0.4, -0.2) is 9.78 Å². The summed E-state index contributed by atoms with van der Waals surface area (Å²) >= 11 is 6.88. The normalized spacial score (nSPS) is 10.6. The molecule has 1 aromatic heterocycles. The molecule has 0 radical (unpaired) electrons. The maximum absolute atomic E-state index is 5.73. The summed E-state index contributed by atoms with van der Waals surface area (Å²) in [6, 6.07) is 8.01. The first kappa shape index (κ1) is 10.7. The van der Waals surface area contributed by atoms with Crippen molar-refractivity contribution in [3.63, 3.8) is 0 Å². The number of rotatable bonds is 1. The van der Waals surface area contributed by atoms with Crippen LogP contribution in [0.25, 0.3) is 11.3 Å². The average Bonchev–Trinajstić information content (AvgIpc) is 2.41. The van der Waals surface area contributed by atoms with Gasteiger partial charge in [0, 0.05) is 17.1 Å². The van der Waals surface area contributed by atoms with Crippen molar-refractivity contribution in [2.24, 2.45) is 7.05 Å². The Morgan fingerprint density at radius 3 is 2.60 bits per heavy atom. The van der Waals surface area contributed by atoms with Crippen molar-refractivity contribution in [3.8, 4) is 11.3 Å². The van der Waals surface area contributed by atoms with Crippen molar-refractivity contribution in [2.45, 2.75) is 0 Å². The highest BCUT2D eigenvalue weighted by atomic mass is 79.9. The zero-order chi connectivity index (χ0) is 11.0. The molecule has 78 valence electrons. The van der Waals surface area contributed by atoms with Crippen molar-refractivity contribution in [1.82, 2.24) is 9.78 Å². The van der Waals surface area contributed by atoms with Gasteiger partial charge in [-0.3, -0.25) is 4.68 Å². The lowest BCUT2D eigenvalue weighted by Crippen LogP contribution is -1.94. The molecule has 15 heavy (non-hydrogen) atoms. The molecule has 5 heteroatoms. The number of hydrogen-bond acceptors (Lipinski definition) is 2. The Morgan fingerprint density at radius 1 is 1.33 bits per heavy atom. The van der Waals surface area contributed by atoms with Crippen molar-refractivity contribution in [1.29, 1.82) is 0 Å². The summed E-state index contributed by atoms with van der Waals surface area (Å²) in [7, 11) is 1.87. The summed E-state index contributed by atoms with van der Waals surface area (Å²) in [5.41, 5.74) is 7.78. The van der Waals surface area contributed by atoms with Crippen molar-refractivity contribution >= 4 is 37.7 Å². The van der Waals surface area contributed by atoms with Gasteiger partial charge in [0.2, 0.25) is 0 Å². The van der Waals surface area contributed by atoms with E-state index in [4.69, 9.17) is 5.73 Å². The Labute approximate surface area is 105 Å². The molecule has 0 aliphatic carbocycles. The first-order valence-corrected chi connectivity index (χ1v) is 5.92. The zero-order valence-electron chi connectivity index (χ0n) is 8.04. The Kier molecular flexibility index (Phi) is 2.84. The van der Waals surface area contributed by atoms with Gasteiger partial charge in [0.05, 0.1) is 10.2 Å². The Bertz CT molecular complexity index is 505. The minimum Gasteiger partial charge on any atom is -0.381 e. The molecule has 0 unspecified atom stereocenters. The molecule has 0 fully saturated rings. The number of halogens is 2. The molecule has 1 aromatic carbocycles. The number of aryl methyl sites for hydroxylation is 1. The van der Waals surface area contributed by atoms with Crippen LogP contribution in [0.1, 0.15) is 0 Å². The van der Waals surface area contributed by atoms with Crippen molar-refractivity contribution in [2.75, 3.05) is 5.73 Å². The molecule has 0 bridgehead atoms. The molecular weight excluding hydrogens is 322 g/mol. The molecular formula is C10H9Br2N3. The van der Waals surface area contributed by atoms with Gasteiger partial charge in [0.25, 0.3) is 0 Å². The summed E-state index contributed by atoms with van der Waals surface area (Å²) in [6.45, 7) is 0. The number of aromatic nitrogens is 2. The quantitative estimate of drug-likeness (QED) is 0.872. The number of nitrogens with two attached hydrogens (primary N) is 1. The predicted molar refractivity (Wildman–Crippen MR) is 68.5 cm³/mol. The SMILES string of the molecule is Cn1nc(N)c(Br)c1-c1cccc(Br)c1. The maximum atomic E-state index is 5.73. The van der Waals surface area contributed by atoms with Crippen molar-refractivity contribution < 1.29 is 0 Å². The third-order valence-electron chi connectivity index (χ3n) is 2.11. The largest absolute Gasteiger partial charge is 0.381 e. The topological polar surface area (TPSA) is 43.8 Å². The molecule has 0 atom stereocenters. The second kappa shape index (κ2) is 3.98. The summed E-state index contributed by atoms with van der Waals surface area (Å²) in [5.74, 6) is 0.507. The Balaban J connectivity index is 2.63. The van der Waals surface area contributed by atoms with E-state index in [1.165, 1.54) is 0 Å². The Morgan fingerprint density at radius 2 is 2.07 bits per heavy atom. The van der Waals surface area contributed by atoms with Gasteiger partial charge in [-0.2, -0.15) is 5.10 Å². The van der Waals surface area contributed by atoms with E-state index in [0.29, 0.717) is 5.82 Å². The molecule has 0 saturated carbocycles. The molecule has 2 N–H and O–H groups in total. The van der Waals surface area contributed by atoms with Crippen LogP contribution < -0.4 is 5.73 Å². The molecule has 0 spiro atoms. The van der Waals surface area contributed by atoms with E-state index in [9.17, 15) is 0 Å². The Hall–Kier alpha value is -0.810. The van der Waals surface area contributed by atoms with Gasteiger partial charge in [0.15, 0.2) is 5.82 Å². The van der Waals surface area contributed by atoms with Gasteiger partial charge in [-0.15, -0.1) is 0 Å². The van der Waals surface area contributed by atoms with Crippen LogP contribution >= 0.6 is 31.9 Å². The zero-order valence-corrected chi connectivity index (χ0v) is 11.2. The van der Waals surface area contributed by atoms with Gasteiger partial charge in [0.1, 0.15) is 0 Å². The van der Waals surface area contributed by atoms with E-state index >= 15 is 0 Å². The lowest BCUT2D eigenvalue weighted by atomic mass is 10.1. The fourth-order valence-corrected chi connectivity index (χ4v) is 2.43. The van der Waals surface area contributed by atoms with Crippen LogP contribution in [0.3, 0.4) is 0 Å². The molecule has 1 heterocycles. The summed E-state index contributed by atoms with van der Waals surface area (Å²) in [5, 5.41) is 4.15. The number of hydrogen-bond donors (Lipinski definition) is 1. The predicted octanol–water partition coefficient (Wildman–Crippen LogP) is 3.19. The van der Waals surface area contributed by atoms with E-state index < -0.39 is 0 Å². The highest BCUT2D eigenvalue weighted by Crippen LogP contribution is 2.32. The third kappa shape index (κ3) is 1.94. The monoisotopic (exact) mass is 329 g/mol. The summed E-state index contributed by atoms with van der Waals surface area (Å²) in [4.78, 5) is 0. The van der Waals surface area contributed by atoms with Crippen LogP contribution in [0.15, 0.2) is 33.2 Å². The van der Waals surface area contributed by atoms with Crippen LogP contribution in [0.2, 0.25) is 0 Å². The number of nitrogens with zero attached hydrogens (tertiary/aromatic N) is 2. The van der Waals surface area contributed by atoms with Crippen LogP contribution in [-0.2, 0) is 7.05 Å². The van der Waals surface area contributed by atoms with E-state index in [1.54, 1.807) is 4.68 Å². The minimum absolute atomic E-state index is 0.507. The van der Waals surface area contributed by atoms with Crippen LogP contribution in [0, 0.1) is 0 Å². The number of benzene rings is 1. The molecule has 2 aromatic rings. The lowest BCUT2D eigenvalue weighted by Gasteiger charge is -2.03. The van der Waals surface area contributed by atoms with E-state index in [-0.39, 0.29) is 0 Å². The van der Waals surface area contributed by atoms with E-state index in [2.05, 4.69) is 37.0 Å². The van der Waals surface area contributed by atoms with Gasteiger partial charge in [-0.1, -0.05) is 28.1 Å². The maximum Gasteiger partial charge on any atom is 0.160 e. The number of nitrogen functional groups attached to an aromatic ring is 1. The molecule has 0 saturated heterocycles. The van der Waals surface area contributed by atoms with Crippen LogP contribution in [0.4, 0.5) is 5.82 Å². The summed E-state index contributed by atoms with van der Waals surface area (Å²) in [6.07, 6.45) is 0. The second-order valence-corrected chi connectivity index (χ2v) is 4.89. The molecule has 0 aliphatic heterocycles. The van der Waals surface area contributed by atoms with Gasteiger partial charge >= 0.3 is 0 Å².